The topological polar surface area (TPSA) is 39.9 Å². The Labute approximate surface area is 175 Å². The van der Waals surface area contributed by atoms with E-state index >= 15 is 0 Å². The highest BCUT2D eigenvalue weighted by Crippen LogP contribution is 2.33. The first-order valence-electron chi connectivity index (χ1n) is 9.90. The van der Waals surface area contributed by atoms with Gasteiger partial charge in [-0.15, -0.1) is 0 Å². The molecular weight excluding hydrogens is 370 g/mol. The van der Waals surface area contributed by atoms with Crippen LogP contribution in [0, 0.1) is 0 Å². The first-order valence-corrected chi connectivity index (χ1v) is 9.90. The molecule has 0 radical (unpaired) electrons. The van der Waals surface area contributed by atoms with Crippen LogP contribution < -0.4 is 4.74 Å². The maximum absolute atomic E-state index is 5.98. The molecule has 30 heavy (non-hydrogen) atoms. The van der Waals surface area contributed by atoms with Crippen LogP contribution in [0.1, 0.15) is 5.69 Å². The van der Waals surface area contributed by atoms with Gasteiger partial charge in [0.2, 0.25) is 0 Å². The van der Waals surface area contributed by atoms with Crippen molar-refractivity contribution in [2.24, 2.45) is 7.05 Å². The lowest BCUT2D eigenvalue weighted by atomic mass is 10.00. The quantitative estimate of drug-likeness (QED) is 0.375. The molecule has 4 nitrogen and oxygen atoms in total. The first kappa shape index (κ1) is 18.1. The van der Waals surface area contributed by atoms with Crippen LogP contribution in [0.3, 0.4) is 0 Å². The Bertz CT molecular complexity index is 1290. The third-order valence-corrected chi connectivity index (χ3v) is 5.16. The average Bonchev–Trinajstić information content (AvgIpc) is 3.20. The summed E-state index contributed by atoms with van der Waals surface area (Å²) < 4.78 is 8.06. The van der Waals surface area contributed by atoms with E-state index in [9.17, 15) is 0 Å². The molecule has 0 spiro atoms. The van der Waals surface area contributed by atoms with E-state index in [2.05, 4.69) is 51.2 Å². The minimum absolute atomic E-state index is 0.442. The van der Waals surface area contributed by atoms with Gasteiger partial charge < -0.3 is 9.30 Å². The minimum atomic E-state index is 0.442. The van der Waals surface area contributed by atoms with Crippen molar-refractivity contribution >= 4 is 10.9 Å². The van der Waals surface area contributed by atoms with Gasteiger partial charge in [0, 0.05) is 48.3 Å². The molecule has 146 valence electrons. The van der Waals surface area contributed by atoms with Crippen molar-refractivity contribution in [3.8, 4) is 28.0 Å². The third-order valence-electron chi connectivity index (χ3n) is 5.16. The maximum Gasteiger partial charge on any atom is 0.130 e. The van der Waals surface area contributed by atoms with Crippen LogP contribution in [0.4, 0.5) is 0 Å². The molecule has 0 aliphatic rings. The summed E-state index contributed by atoms with van der Waals surface area (Å²) in [5, 5.41) is 1.14. The number of ether oxygens (including phenoxy) is 1. The summed E-state index contributed by atoms with van der Waals surface area (Å²) >= 11 is 0. The van der Waals surface area contributed by atoms with Crippen molar-refractivity contribution in [1.82, 2.24) is 14.5 Å². The highest BCUT2D eigenvalue weighted by atomic mass is 16.5. The Kier molecular flexibility index (Phi) is 4.74. The fourth-order valence-corrected chi connectivity index (χ4v) is 3.65. The highest BCUT2D eigenvalue weighted by Gasteiger charge is 2.10. The van der Waals surface area contributed by atoms with E-state index in [1.165, 1.54) is 11.1 Å². The van der Waals surface area contributed by atoms with E-state index < -0.39 is 0 Å². The number of aryl methyl sites for hydroxylation is 1. The van der Waals surface area contributed by atoms with Crippen LogP contribution in [0.15, 0.2) is 97.6 Å². The van der Waals surface area contributed by atoms with Gasteiger partial charge >= 0.3 is 0 Å². The Balaban J connectivity index is 1.35. The SMILES string of the molecule is Cn1cc(-c2ccncc2)c(-c2ccc(OCc3ccc4ccccc4n3)cc2)c1. The van der Waals surface area contributed by atoms with Crippen molar-refractivity contribution in [1.29, 1.82) is 0 Å². The molecule has 0 unspecified atom stereocenters. The summed E-state index contributed by atoms with van der Waals surface area (Å²) in [5.41, 5.74) is 6.59. The molecule has 0 aliphatic heterocycles. The summed E-state index contributed by atoms with van der Waals surface area (Å²) in [5.74, 6) is 0.829. The van der Waals surface area contributed by atoms with Gasteiger partial charge in [-0.3, -0.25) is 4.98 Å². The zero-order valence-corrected chi connectivity index (χ0v) is 16.7. The largest absolute Gasteiger partial charge is 0.487 e. The van der Waals surface area contributed by atoms with Crippen LogP contribution in [0.5, 0.6) is 5.75 Å². The highest BCUT2D eigenvalue weighted by molar-refractivity contribution is 5.83. The van der Waals surface area contributed by atoms with E-state index in [1.807, 2.05) is 68.0 Å². The molecule has 0 atom stereocenters. The second-order valence-electron chi connectivity index (χ2n) is 7.30. The zero-order chi connectivity index (χ0) is 20.3. The van der Waals surface area contributed by atoms with Crippen molar-refractivity contribution in [2.75, 3.05) is 0 Å². The number of pyridine rings is 2. The van der Waals surface area contributed by atoms with Gasteiger partial charge in [0.25, 0.3) is 0 Å². The van der Waals surface area contributed by atoms with Crippen LogP contribution in [0.25, 0.3) is 33.2 Å². The van der Waals surface area contributed by atoms with Gasteiger partial charge in [0.1, 0.15) is 12.4 Å². The number of rotatable bonds is 5. The minimum Gasteiger partial charge on any atom is -0.487 e. The summed E-state index contributed by atoms with van der Waals surface area (Å²) in [6.45, 7) is 0.442. The van der Waals surface area contributed by atoms with Crippen LogP contribution >= 0.6 is 0 Å². The molecular formula is C26H21N3O. The number of nitrogens with zero attached hydrogens (tertiary/aromatic N) is 3. The summed E-state index contributed by atoms with van der Waals surface area (Å²) in [7, 11) is 2.04. The smallest absolute Gasteiger partial charge is 0.130 e. The van der Waals surface area contributed by atoms with Crippen molar-refractivity contribution in [3.63, 3.8) is 0 Å². The lowest BCUT2D eigenvalue weighted by Crippen LogP contribution is -1.98. The van der Waals surface area contributed by atoms with E-state index in [0.717, 1.165) is 33.5 Å². The zero-order valence-electron chi connectivity index (χ0n) is 16.7. The molecule has 3 aromatic heterocycles. The van der Waals surface area contributed by atoms with Crippen molar-refractivity contribution in [3.05, 3.63) is 103 Å². The van der Waals surface area contributed by atoms with Gasteiger partial charge in [-0.05, 0) is 47.5 Å². The van der Waals surface area contributed by atoms with Crippen LogP contribution in [0.2, 0.25) is 0 Å². The lowest BCUT2D eigenvalue weighted by Gasteiger charge is -2.09. The Morgan fingerprint density at radius 1 is 0.767 bits per heavy atom. The number of fused-ring (bicyclic) bond motifs is 1. The van der Waals surface area contributed by atoms with E-state index in [-0.39, 0.29) is 0 Å². The van der Waals surface area contributed by atoms with Gasteiger partial charge in [-0.1, -0.05) is 36.4 Å². The molecule has 0 bridgehead atoms. The van der Waals surface area contributed by atoms with Gasteiger partial charge in [-0.2, -0.15) is 0 Å². The monoisotopic (exact) mass is 391 g/mol. The molecule has 2 aromatic carbocycles. The standard InChI is InChI=1S/C26H21N3O/c1-29-16-24(25(17-29)20-12-14-27-15-13-20)19-7-10-23(11-8-19)30-18-22-9-6-21-4-2-3-5-26(21)28-22/h2-17H,18H2,1H3. The first-order chi connectivity index (χ1) is 14.8. The molecule has 5 aromatic rings. The predicted octanol–water partition coefficient (Wildman–Crippen LogP) is 5.88. The molecule has 0 saturated heterocycles. The van der Waals surface area contributed by atoms with Gasteiger partial charge in [0.15, 0.2) is 0 Å². The fourth-order valence-electron chi connectivity index (χ4n) is 3.65. The Hall–Kier alpha value is -3.92. The third kappa shape index (κ3) is 3.67. The van der Waals surface area contributed by atoms with E-state index in [1.54, 1.807) is 0 Å². The van der Waals surface area contributed by atoms with Gasteiger partial charge in [0.05, 0.1) is 11.2 Å². The molecule has 0 N–H and O–H groups in total. The molecule has 0 amide bonds. The average molecular weight is 391 g/mol. The number of aromatic nitrogens is 3. The Morgan fingerprint density at radius 3 is 2.23 bits per heavy atom. The van der Waals surface area contributed by atoms with Gasteiger partial charge in [-0.25, -0.2) is 4.98 Å². The molecule has 3 heterocycles. The van der Waals surface area contributed by atoms with Crippen LogP contribution in [-0.2, 0) is 13.7 Å². The molecule has 5 rings (SSSR count). The predicted molar refractivity (Wildman–Crippen MR) is 120 cm³/mol. The normalized spacial score (nSPS) is 11.0. The molecule has 4 heteroatoms. The molecule has 0 fully saturated rings. The fraction of sp³-hybridized carbons (Fsp3) is 0.0769. The number of para-hydroxylation sites is 1. The maximum atomic E-state index is 5.98. The van der Waals surface area contributed by atoms with E-state index in [0.29, 0.717) is 6.61 Å². The number of hydrogen-bond donors (Lipinski definition) is 0. The second-order valence-corrected chi connectivity index (χ2v) is 7.30. The number of hydrogen-bond acceptors (Lipinski definition) is 3. The molecule has 0 aliphatic carbocycles. The number of benzene rings is 2. The van der Waals surface area contributed by atoms with Crippen molar-refractivity contribution < 1.29 is 4.74 Å². The lowest BCUT2D eigenvalue weighted by molar-refractivity contribution is 0.302. The summed E-state index contributed by atoms with van der Waals surface area (Å²) in [6.07, 6.45) is 7.93. The Morgan fingerprint density at radius 2 is 1.47 bits per heavy atom. The van der Waals surface area contributed by atoms with E-state index in [4.69, 9.17) is 4.74 Å². The van der Waals surface area contributed by atoms with Crippen molar-refractivity contribution in [2.45, 2.75) is 6.61 Å². The summed E-state index contributed by atoms with van der Waals surface area (Å²) in [4.78, 5) is 8.80. The molecule has 0 saturated carbocycles. The summed E-state index contributed by atoms with van der Waals surface area (Å²) in [6, 6.07) is 24.5. The van der Waals surface area contributed by atoms with Crippen LogP contribution in [-0.4, -0.2) is 14.5 Å². The second kappa shape index (κ2) is 7.84.